The Hall–Kier alpha value is -1.81. The van der Waals surface area contributed by atoms with Gasteiger partial charge >= 0.3 is 0 Å². The van der Waals surface area contributed by atoms with Crippen molar-refractivity contribution in [2.45, 2.75) is 19.4 Å². The number of aromatic nitrogens is 1. The molecule has 0 amide bonds. The van der Waals surface area contributed by atoms with E-state index in [1.54, 1.807) is 32.4 Å². The van der Waals surface area contributed by atoms with Crippen LogP contribution >= 0.6 is 0 Å². The van der Waals surface area contributed by atoms with Crippen molar-refractivity contribution in [3.8, 4) is 0 Å². The fourth-order valence-electron chi connectivity index (χ4n) is 2.07. The molecule has 2 rings (SSSR count). The summed E-state index contributed by atoms with van der Waals surface area (Å²) in [5.74, 6) is -1.04. The van der Waals surface area contributed by atoms with Gasteiger partial charge in [-0.05, 0) is 43.7 Å². The number of aryl methyl sites for hydroxylation is 1. The molecule has 2 nitrogen and oxygen atoms in total. The summed E-state index contributed by atoms with van der Waals surface area (Å²) in [6, 6.07) is 6.07. The highest BCUT2D eigenvalue weighted by molar-refractivity contribution is 5.29. The Morgan fingerprint density at radius 3 is 2.68 bits per heavy atom. The average molecular weight is 262 g/mol. The maximum absolute atomic E-state index is 13.9. The van der Waals surface area contributed by atoms with Crippen LogP contribution in [0.2, 0.25) is 0 Å². The fourth-order valence-corrected chi connectivity index (χ4v) is 2.07. The number of rotatable bonds is 4. The Kier molecular flexibility index (Phi) is 4.22. The molecule has 1 aromatic heterocycles. The zero-order valence-electron chi connectivity index (χ0n) is 11.0. The van der Waals surface area contributed by atoms with Crippen molar-refractivity contribution in [3.63, 3.8) is 0 Å². The largest absolute Gasteiger partial charge is 0.313 e. The van der Waals surface area contributed by atoms with Gasteiger partial charge in [0, 0.05) is 30.1 Å². The Morgan fingerprint density at radius 1 is 1.26 bits per heavy atom. The quantitative estimate of drug-likeness (QED) is 0.915. The van der Waals surface area contributed by atoms with Crippen LogP contribution in [0.4, 0.5) is 8.78 Å². The minimum Gasteiger partial charge on any atom is -0.313 e. The number of pyridine rings is 1. The third-order valence-corrected chi connectivity index (χ3v) is 3.16. The normalized spacial score (nSPS) is 12.4. The number of benzene rings is 1. The maximum Gasteiger partial charge on any atom is 0.130 e. The molecule has 0 saturated heterocycles. The number of nitrogens with zero attached hydrogens (tertiary/aromatic N) is 1. The van der Waals surface area contributed by atoms with Gasteiger partial charge in [-0.25, -0.2) is 8.78 Å². The van der Waals surface area contributed by atoms with Crippen LogP contribution in [-0.4, -0.2) is 12.0 Å². The van der Waals surface area contributed by atoms with Gasteiger partial charge in [-0.1, -0.05) is 6.07 Å². The van der Waals surface area contributed by atoms with Gasteiger partial charge < -0.3 is 5.32 Å². The molecule has 1 atom stereocenters. The first-order valence-corrected chi connectivity index (χ1v) is 6.13. The number of likely N-dealkylation sites (N-methyl/N-ethyl adjacent to an activating group) is 1. The van der Waals surface area contributed by atoms with E-state index in [1.165, 1.54) is 0 Å². The molecule has 4 heteroatoms. The molecule has 1 aromatic carbocycles. The second-order valence-corrected chi connectivity index (χ2v) is 4.53. The molecule has 0 bridgehead atoms. The van der Waals surface area contributed by atoms with E-state index in [2.05, 4.69) is 10.3 Å². The van der Waals surface area contributed by atoms with Gasteiger partial charge in [-0.3, -0.25) is 4.98 Å². The van der Waals surface area contributed by atoms with Crippen LogP contribution in [-0.2, 0) is 6.42 Å². The van der Waals surface area contributed by atoms with Crippen LogP contribution in [0.15, 0.2) is 36.7 Å². The Balaban J connectivity index is 2.30. The van der Waals surface area contributed by atoms with E-state index >= 15 is 0 Å². The second-order valence-electron chi connectivity index (χ2n) is 4.53. The fraction of sp³-hybridized carbons (Fsp3) is 0.267. The molecular weight excluding hydrogens is 246 g/mol. The number of hydrogen-bond donors (Lipinski definition) is 1. The van der Waals surface area contributed by atoms with Gasteiger partial charge in [0.05, 0.1) is 0 Å². The van der Waals surface area contributed by atoms with Gasteiger partial charge in [-0.15, -0.1) is 0 Å². The minimum atomic E-state index is -0.522. The number of nitrogens with one attached hydrogen (secondary N) is 1. The minimum absolute atomic E-state index is 0.205. The zero-order chi connectivity index (χ0) is 13.8. The van der Waals surface area contributed by atoms with Gasteiger partial charge in [0.25, 0.3) is 0 Å². The van der Waals surface area contributed by atoms with Crippen molar-refractivity contribution >= 4 is 0 Å². The maximum atomic E-state index is 13.9. The summed E-state index contributed by atoms with van der Waals surface area (Å²) in [5, 5.41) is 3.06. The first-order valence-electron chi connectivity index (χ1n) is 6.13. The van der Waals surface area contributed by atoms with Crippen molar-refractivity contribution in [1.29, 1.82) is 0 Å². The van der Waals surface area contributed by atoms with Crippen LogP contribution in [0.25, 0.3) is 0 Å². The summed E-state index contributed by atoms with van der Waals surface area (Å²) in [5.41, 5.74) is 1.93. The topological polar surface area (TPSA) is 24.9 Å². The van der Waals surface area contributed by atoms with Gasteiger partial charge in [-0.2, -0.15) is 0 Å². The molecular formula is C15H16F2N2. The highest BCUT2D eigenvalue weighted by Gasteiger charge is 2.16. The number of halogens is 2. The summed E-state index contributed by atoms with van der Waals surface area (Å²) < 4.78 is 27.2. The van der Waals surface area contributed by atoms with E-state index in [-0.39, 0.29) is 6.04 Å². The highest BCUT2D eigenvalue weighted by Crippen LogP contribution is 2.23. The van der Waals surface area contributed by atoms with Crippen molar-refractivity contribution in [3.05, 3.63) is 65.0 Å². The molecule has 0 spiro atoms. The van der Waals surface area contributed by atoms with E-state index in [4.69, 9.17) is 0 Å². The average Bonchev–Trinajstić information content (AvgIpc) is 2.42. The highest BCUT2D eigenvalue weighted by atomic mass is 19.1. The second kappa shape index (κ2) is 5.89. The molecule has 0 saturated carbocycles. The molecule has 0 fully saturated rings. The molecule has 0 aliphatic carbocycles. The van der Waals surface area contributed by atoms with Gasteiger partial charge in [0.1, 0.15) is 11.6 Å². The molecule has 0 aliphatic heterocycles. The lowest BCUT2D eigenvalue weighted by Crippen LogP contribution is -2.20. The molecule has 1 unspecified atom stereocenters. The van der Waals surface area contributed by atoms with Gasteiger partial charge in [0.2, 0.25) is 0 Å². The summed E-state index contributed by atoms with van der Waals surface area (Å²) in [6.45, 7) is 1.63. The lowest BCUT2D eigenvalue weighted by Gasteiger charge is -2.18. The Bertz CT molecular complexity index is 556. The van der Waals surface area contributed by atoms with Crippen LogP contribution in [0.1, 0.15) is 22.7 Å². The molecule has 19 heavy (non-hydrogen) atoms. The van der Waals surface area contributed by atoms with Crippen molar-refractivity contribution in [2.24, 2.45) is 0 Å². The molecule has 1 N–H and O–H groups in total. The van der Waals surface area contributed by atoms with E-state index in [1.807, 2.05) is 12.1 Å². The van der Waals surface area contributed by atoms with Crippen LogP contribution in [0.3, 0.4) is 0 Å². The van der Waals surface area contributed by atoms with Gasteiger partial charge in [0.15, 0.2) is 0 Å². The summed E-state index contributed by atoms with van der Waals surface area (Å²) in [4.78, 5) is 4.04. The predicted molar refractivity (Wildman–Crippen MR) is 70.8 cm³/mol. The van der Waals surface area contributed by atoms with Crippen molar-refractivity contribution < 1.29 is 8.78 Å². The van der Waals surface area contributed by atoms with Crippen LogP contribution < -0.4 is 5.32 Å². The molecule has 0 aliphatic rings. The lowest BCUT2D eigenvalue weighted by atomic mass is 9.98. The molecule has 0 radical (unpaired) electrons. The van der Waals surface area contributed by atoms with E-state index in [9.17, 15) is 8.78 Å². The SMILES string of the molecule is CNC(Cc1cccnc1)c1cc(C)c(F)cc1F. The zero-order valence-corrected chi connectivity index (χ0v) is 11.0. The lowest BCUT2D eigenvalue weighted by molar-refractivity contribution is 0.519. The Morgan fingerprint density at radius 2 is 2.05 bits per heavy atom. The molecule has 100 valence electrons. The third-order valence-electron chi connectivity index (χ3n) is 3.16. The van der Waals surface area contributed by atoms with Crippen molar-refractivity contribution in [2.75, 3.05) is 7.05 Å². The summed E-state index contributed by atoms with van der Waals surface area (Å²) in [7, 11) is 1.76. The number of hydrogen-bond acceptors (Lipinski definition) is 2. The third kappa shape index (κ3) is 3.15. The standard InChI is InChI=1S/C15H16F2N2/c1-10-6-12(14(17)8-13(10)16)15(18-2)7-11-4-3-5-19-9-11/h3-6,8-9,15,18H,7H2,1-2H3. The van der Waals surface area contributed by atoms with Crippen LogP contribution in [0.5, 0.6) is 0 Å². The molecule has 2 aromatic rings. The summed E-state index contributed by atoms with van der Waals surface area (Å²) in [6.07, 6.45) is 4.05. The van der Waals surface area contributed by atoms with E-state index in [0.717, 1.165) is 11.6 Å². The monoisotopic (exact) mass is 262 g/mol. The first-order chi connectivity index (χ1) is 9.11. The van der Waals surface area contributed by atoms with Crippen LogP contribution in [0, 0.1) is 18.6 Å². The van der Waals surface area contributed by atoms with Crippen molar-refractivity contribution in [1.82, 2.24) is 10.3 Å². The van der Waals surface area contributed by atoms with E-state index < -0.39 is 11.6 Å². The van der Waals surface area contributed by atoms with E-state index in [0.29, 0.717) is 17.5 Å². The summed E-state index contributed by atoms with van der Waals surface area (Å²) >= 11 is 0. The smallest absolute Gasteiger partial charge is 0.130 e. The Labute approximate surface area is 111 Å². The first kappa shape index (κ1) is 13.6. The molecule has 1 heterocycles. The predicted octanol–water partition coefficient (Wildman–Crippen LogP) is 3.17.